The molecule has 1 aliphatic rings. The molecule has 2 unspecified atom stereocenters. The molecular weight excluding hydrogens is 232 g/mol. The predicted molar refractivity (Wildman–Crippen MR) is 56.9 cm³/mol. The summed E-state index contributed by atoms with van der Waals surface area (Å²) in [6.45, 7) is 0. The number of nitrogens with one attached hydrogen (secondary N) is 2. The fourth-order valence-corrected chi connectivity index (χ4v) is 1.80. The third-order valence-corrected chi connectivity index (χ3v) is 2.69. The first-order chi connectivity index (χ1) is 7.59. The van der Waals surface area contributed by atoms with Crippen LogP contribution in [0, 0.1) is 0 Å². The molecule has 1 aromatic carbocycles. The number of rotatable bonds is 2. The maximum absolute atomic E-state index is 11.3. The Balaban J connectivity index is 2.26. The topological polar surface area (TPSA) is 78.4 Å². The van der Waals surface area contributed by atoms with Crippen LogP contribution in [0.15, 0.2) is 24.3 Å². The van der Waals surface area contributed by atoms with E-state index in [-0.39, 0.29) is 0 Å². The van der Waals surface area contributed by atoms with Crippen LogP contribution in [0.4, 0.5) is 4.79 Å². The second kappa shape index (κ2) is 4.11. The zero-order valence-electron chi connectivity index (χ0n) is 8.11. The summed E-state index contributed by atoms with van der Waals surface area (Å²) in [5, 5.41) is 14.6. The molecule has 6 heteroatoms. The van der Waals surface area contributed by atoms with Crippen molar-refractivity contribution in [2.45, 2.75) is 12.1 Å². The minimum absolute atomic E-state index is 0.351. The van der Waals surface area contributed by atoms with Crippen LogP contribution in [0.25, 0.3) is 0 Å². The summed E-state index contributed by atoms with van der Waals surface area (Å²) in [6.07, 6.45) is -1.15. The van der Waals surface area contributed by atoms with Gasteiger partial charge in [0.25, 0.3) is 5.91 Å². The van der Waals surface area contributed by atoms with Gasteiger partial charge in [0.05, 0.1) is 0 Å². The predicted octanol–water partition coefficient (Wildman–Crippen LogP) is 0.581. The standard InChI is InChI=1S/C10H9ClN2O3/c11-6-4-2-1-3-5(6)8(14)7-9(15)13-10(16)12-7/h1-4,7-8,14H,(H2,12,13,15,16). The Bertz CT molecular complexity index is 449. The number of amides is 3. The number of aliphatic hydroxyl groups is 1. The van der Waals surface area contributed by atoms with Crippen molar-refractivity contribution in [1.82, 2.24) is 10.6 Å². The van der Waals surface area contributed by atoms with Crippen LogP contribution < -0.4 is 10.6 Å². The first-order valence-electron chi connectivity index (χ1n) is 4.63. The molecule has 0 spiro atoms. The highest BCUT2D eigenvalue weighted by Crippen LogP contribution is 2.25. The number of carbonyl (C=O) groups excluding carboxylic acids is 2. The first kappa shape index (κ1) is 10.9. The molecule has 3 amide bonds. The van der Waals surface area contributed by atoms with E-state index < -0.39 is 24.1 Å². The molecule has 2 rings (SSSR count). The Morgan fingerprint density at radius 3 is 2.56 bits per heavy atom. The van der Waals surface area contributed by atoms with Gasteiger partial charge in [0.2, 0.25) is 0 Å². The van der Waals surface area contributed by atoms with Crippen LogP contribution in [-0.4, -0.2) is 23.1 Å². The van der Waals surface area contributed by atoms with Crippen LogP contribution >= 0.6 is 11.6 Å². The molecule has 1 aliphatic heterocycles. The lowest BCUT2D eigenvalue weighted by Crippen LogP contribution is -2.35. The SMILES string of the molecule is O=C1NC(=O)C(C(O)c2ccccc2Cl)N1. The largest absolute Gasteiger partial charge is 0.386 e. The summed E-state index contributed by atoms with van der Waals surface area (Å²) < 4.78 is 0. The number of hydrogen-bond donors (Lipinski definition) is 3. The lowest BCUT2D eigenvalue weighted by atomic mass is 10.0. The fourth-order valence-electron chi connectivity index (χ4n) is 1.55. The molecule has 0 radical (unpaired) electrons. The van der Waals surface area contributed by atoms with E-state index in [9.17, 15) is 14.7 Å². The zero-order valence-corrected chi connectivity index (χ0v) is 8.86. The van der Waals surface area contributed by atoms with Crippen molar-refractivity contribution in [3.8, 4) is 0 Å². The monoisotopic (exact) mass is 240 g/mol. The van der Waals surface area contributed by atoms with Crippen molar-refractivity contribution in [2.75, 3.05) is 0 Å². The van der Waals surface area contributed by atoms with Gasteiger partial charge in [-0.15, -0.1) is 0 Å². The fraction of sp³-hybridized carbons (Fsp3) is 0.200. The van der Waals surface area contributed by atoms with Gasteiger partial charge in [0, 0.05) is 10.6 Å². The highest BCUT2D eigenvalue weighted by atomic mass is 35.5. The minimum Gasteiger partial charge on any atom is -0.386 e. The molecule has 16 heavy (non-hydrogen) atoms. The molecule has 2 atom stereocenters. The number of aliphatic hydroxyl groups excluding tert-OH is 1. The molecule has 1 aromatic rings. The van der Waals surface area contributed by atoms with Gasteiger partial charge in [0.15, 0.2) is 0 Å². The Hall–Kier alpha value is -1.59. The molecular formula is C10H9ClN2O3. The zero-order chi connectivity index (χ0) is 11.7. The summed E-state index contributed by atoms with van der Waals surface area (Å²) in [5.41, 5.74) is 0.409. The lowest BCUT2D eigenvalue weighted by Gasteiger charge is -2.16. The second-order valence-electron chi connectivity index (χ2n) is 3.41. The van der Waals surface area contributed by atoms with Crippen LogP contribution in [0.5, 0.6) is 0 Å². The molecule has 5 nitrogen and oxygen atoms in total. The Morgan fingerprint density at radius 2 is 2.00 bits per heavy atom. The van der Waals surface area contributed by atoms with Gasteiger partial charge in [-0.1, -0.05) is 29.8 Å². The molecule has 0 aliphatic carbocycles. The van der Waals surface area contributed by atoms with E-state index in [2.05, 4.69) is 5.32 Å². The number of hydrogen-bond acceptors (Lipinski definition) is 3. The average molecular weight is 241 g/mol. The van der Waals surface area contributed by atoms with E-state index in [1.165, 1.54) is 0 Å². The van der Waals surface area contributed by atoms with Crippen molar-refractivity contribution >= 4 is 23.5 Å². The third kappa shape index (κ3) is 1.87. The van der Waals surface area contributed by atoms with Crippen LogP contribution in [-0.2, 0) is 4.79 Å². The first-order valence-corrected chi connectivity index (χ1v) is 5.01. The van der Waals surface area contributed by atoms with Crippen molar-refractivity contribution in [3.63, 3.8) is 0 Å². The van der Waals surface area contributed by atoms with E-state index in [0.29, 0.717) is 10.6 Å². The summed E-state index contributed by atoms with van der Waals surface area (Å²) in [6, 6.07) is 5.01. The summed E-state index contributed by atoms with van der Waals surface area (Å²) in [7, 11) is 0. The third-order valence-electron chi connectivity index (χ3n) is 2.35. The molecule has 3 N–H and O–H groups in total. The summed E-state index contributed by atoms with van der Waals surface area (Å²) in [4.78, 5) is 22.2. The van der Waals surface area contributed by atoms with Crippen LogP contribution in [0.3, 0.4) is 0 Å². The van der Waals surface area contributed by atoms with Crippen LogP contribution in [0.2, 0.25) is 5.02 Å². The Labute approximate surface area is 96.4 Å². The highest BCUT2D eigenvalue weighted by molar-refractivity contribution is 6.31. The van der Waals surface area contributed by atoms with Gasteiger partial charge in [0.1, 0.15) is 12.1 Å². The van der Waals surface area contributed by atoms with Gasteiger partial charge in [-0.2, -0.15) is 0 Å². The normalized spacial score (nSPS) is 21.5. The molecule has 0 saturated carbocycles. The molecule has 0 bridgehead atoms. The maximum Gasteiger partial charge on any atom is 0.322 e. The second-order valence-corrected chi connectivity index (χ2v) is 3.81. The maximum atomic E-state index is 11.3. The number of benzene rings is 1. The highest BCUT2D eigenvalue weighted by Gasteiger charge is 2.36. The number of halogens is 1. The molecule has 1 saturated heterocycles. The molecule has 1 heterocycles. The van der Waals surface area contributed by atoms with E-state index in [4.69, 9.17) is 11.6 Å². The molecule has 84 valence electrons. The van der Waals surface area contributed by atoms with Gasteiger partial charge >= 0.3 is 6.03 Å². The Morgan fingerprint density at radius 1 is 1.31 bits per heavy atom. The van der Waals surface area contributed by atoms with Gasteiger partial charge in [-0.25, -0.2) is 4.79 Å². The molecule has 0 aromatic heterocycles. The average Bonchev–Trinajstić information content (AvgIpc) is 2.58. The number of urea groups is 1. The minimum atomic E-state index is -1.15. The summed E-state index contributed by atoms with van der Waals surface area (Å²) in [5.74, 6) is -0.558. The van der Waals surface area contributed by atoms with Gasteiger partial charge < -0.3 is 10.4 Å². The van der Waals surface area contributed by atoms with Crippen LogP contribution in [0.1, 0.15) is 11.7 Å². The van der Waals surface area contributed by atoms with E-state index >= 15 is 0 Å². The lowest BCUT2D eigenvalue weighted by molar-refractivity contribution is -0.122. The van der Waals surface area contributed by atoms with E-state index in [1.54, 1.807) is 24.3 Å². The molecule has 1 fully saturated rings. The van der Waals surface area contributed by atoms with Gasteiger partial charge in [-0.3, -0.25) is 10.1 Å². The van der Waals surface area contributed by atoms with E-state index in [0.717, 1.165) is 0 Å². The van der Waals surface area contributed by atoms with Crippen molar-refractivity contribution in [1.29, 1.82) is 0 Å². The van der Waals surface area contributed by atoms with Crippen molar-refractivity contribution in [2.24, 2.45) is 0 Å². The quantitative estimate of drug-likeness (QED) is 0.662. The smallest absolute Gasteiger partial charge is 0.322 e. The summed E-state index contributed by atoms with van der Waals surface area (Å²) >= 11 is 5.88. The van der Waals surface area contributed by atoms with Crippen molar-refractivity contribution in [3.05, 3.63) is 34.9 Å². The number of imide groups is 1. The van der Waals surface area contributed by atoms with E-state index in [1.807, 2.05) is 5.32 Å². The Kier molecular flexibility index (Phi) is 2.80. The van der Waals surface area contributed by atoms with Gasteiger partial charge in [-0.05, 0) is 6.07 Å². The number of carbonyl (C=O) groups is 2. The van der Waals surface area contributed by atoms with Crippen molar-refractivity contribution < 1.29 is 14.7 Å².